The number of ether oxygens (including phenoxy) is 1. The standard InChI is InChI=1S/C26H20N4O3S/c1-33-22-12-10-17(11-13-22)24-18(16-30(29-24)20-7-3-2-4-8-20)14-23-25(28-26(32)34-23)27-19-6-5-9-21(31)15-19/h2-16,31H,1H3,(H,27,28,32). The van der Waals surface area contributed by atoms with Gasteiger partial charge in [0.2, 0.25) is 0 Å². The lowest BCUT2D eigenvalue weighted by Crippen LogP contribution is -2.18. The van der Waals surface area contributed by atoms with Crippen molar-refractivity contribution in [1.29, 1.82) is 0 Å². The number of carbonyl (C=O) groups excluding carboxylic acids is 1. The summed E-state index contributed by atoms with van der Waals surface area (Å²) >= 11 is 1.07. The number of phenols is 1. The Morgan fingerprint density at radius 1 is 1.06 bits per heavy atom. The number of phenolic OH excluding ortho intramolecular Hbond substituents is 1. The lowest BCUT2D eigenvalue weighted by atomic mass is 10.1. The summed E-state index contributed by atoms with van der Waals surface area (Å²) in [6.07, 6.45) is 3.83. The predicted molar refractivity (Wildman–Crippen MR) is 135 cm³/mol. The number of nitrogens with zero attached hydrogens (tertiary/aromatic N) is 3. The monoisotopic (exact) mass is 468 g/mol. The van der Waals surface area contributed by atoms with E-state index >= 15 is 0 Å². The van der Waals surface area contributed by atoms with Crippen LogP contribution in [0, 0.1) is 0 Å². The maximum absolute atomic E-state index is 12.2. The molecule has 0 radical (unpaired) electrons. The van der Waals surface area contributed by atoms with E-state index in [2.05, 4.69) is 10.3 Å². The van der Waals surface area contributed by atoms with Crippen molar-refractivity contribution >= 4 is 34.6 Å². The fourth-order valence-electron chi connectivity index (χ4n) is 3.52. The van der Waals surface area contributed by atoms with Gasteiger partial charge in [-0.2, -0.15) is 5.10 Å². The number of aromatic nitrogens is 2. The molecule has 7 nitrogen and oxygen atoms in total. The van der Waals surface area contributed by atoms with Crippen molar-refractivity contribution in [3.05, 3.63) is 95.5 Å². The molecule has 1 aromatic heterocycles. The molecule has 3 aromatic carbocycles. The summed E-state index contributed by atoms with van der Waals surface area (Å²) in [6, 6.07) is 24.1. The largest absolute Gasteiger partial charge is 0.508 e. The topological polar surface area (TPSA) is 88.7 Å². The van der Waals surface area contributed by atoms with E-state index in [1.54, 1.807) is 25.3 Å². The van der Waals surface area contributed by atoms with Gasteiger partial charge in [0.05, 0.1) is 29.1 Å². The summed E-state index contributed by atoms with van der Waals surface area (Å²) in [5, 5.41) is 17.2. The third-order valence-corrected chi connectivity index (χ3v) is 5.96. The van der Waals surface area contributed by atoms with Gasteiger partial charge in [0.15, 0.2) is 0 Å². The second-order valence-electron chi connectivity index (χ2n) is 7.45. The first-order valence-electron chi connectivity index (χ1n) is 10.5. The third-order valence-electron chi connectivity index (χ3n) is 5.14. The molecule has 1 aliphatic heterocycles. The first-order chi connectivity index (χ1) is 16.6. The number of nitrogens with one attached hydrogen (secondary N) is 1. The molecule has 1 amide bonds. The lowest BCUT2D eigenvalue weighted by Gasteiger charge is -2.03. The van der Waals surface area contributed by atoms with Crippen LogP contribution in [0.1, 0.15) is 5.56 Å². The Balaban J connectivity index is 1.61. The zero-order chi connectivity index (χ0) is 23.5. The van der Waals surface area contributed by atoms with Crippen LogP contribution in [-0.2, 0) is 0 Å². The zero-order valence-corrected chi connectivity index (χ0v) is 19.0. The number of aromatic hydroxyl groups is 1. The summed E-state index contributed by atoms with van der Waals surface area (Å²) in [5.74, 6) is 1.29. The molecule has 0 saturated carbocycles. The van der Waals surface area contributed by atoms with Gasteiger partial charge in [-0.05, 0) is 66.4 Å². The zero-order valence-electron chi connectivity index (χ0n) is 18.2. The maximum atomic E-state index is 12.2. The van der Waals surface area contributed by atoms with Crippen molar-refractivity contribution in [3.63, 3.8) is 0 Å². The Bertz CT molecular complexity index is 1410. The molecule has 34 heavy (non-hydrogen) atoms. The molecule has 0 aliphatic carbocycles. The van der Waals surface area contributed by atoms with Crippen molar-refractivity contribution in [2.75, 3.05) is 7.11 Å². The Morgan fingerprint density at radius 2 is 1.85 bits per heavy atom. The van der Waals surface area contributed by atoms with Gasteiger partial charge in [-0.15, -0.1) is 0 Å². The molecular weight excluding hydrogens is 448 g/mol. The molecular formula is C26H20N4O3S. The smallest absolute Gasteiger partial charge is 0.289 e. The van der Waals surface area contributed by atoms with Crippen LogP contribution in [0.3, 0.4) is 0 Å². The first kappa shape index (κ1) is 21.5. The Labute approximate surface area is 200 Å². The van der Waals surface area contributed by atoms with Crippen LogP contribution in [0.25, 0.3) is 23.0 Å². The summed E-state index contributed by atoms with van der Waals surface area (Å²) in [5.41, 5.74) is 3.96. The van der Waals surface area contributed by atoms with Gasteiger partial charge < -0.3 is 15.2 Å². The average molecular weight is 469 g/mol. The highest BCUT2D eigenvalue weighted by Crippen LogP contribution is 2.33. The highest BCUT2D eigenvalue weighted by Gasteiger charge is 2.25. The molecule has 5 rings (SSSR count). The van der Waals surface area contributed by atoms with Gasteiger partial charge in [-0.25, -0.2) is 9.67 Å². The van der Waals surface area contributed by atoms with E-state index in [0.717, 1.165) is 40.0 Å². The SMILES string of the molecule is COc1ccc(-c2nn(-c3ccccc3)cc2C=C2SC(=O)NC2=Nc2cccc(O)c2)cc1. The molecule has 168 valence electrons. The van der Waals surface area contributed by atoms with Gasteiger partial charge in [-0.1, -0.05) is 24.3 Å². The van der Waals surface area contributed by atoms with E-state index in [1.165, 1.54) is 6.07 Å². The van der Waals surface area contributed by atoms with Crippen molar-refractivity contribution in [1.82, 2.24) is 15.1 Å². The molecule has 8 heteroatoms. The quantitative estimate of drug-likeness (QED) is 0.388. The fourth-order valence-corrected chi connectivity index (χ4v) is 4.25. The molecule has 0 atom stereocenters. The van der Waals surface area contributed by atoms with Crippen LogP contribution in [0.4, 0.5) is 10.5 Å². The summed E-state index contributed by atoms with van der Waals surface area (Å²) < 4.78 is 7.10. The second-order valence-corrected chi connectivity index (χ2v) is 8.46. The predicted octanol–water partition coefficient (Wildman–Crippen LogP) is 5.78. The fraction of sp³-hybridized carbons (Fsp3) is 0.0385. The maximum Gasteiger partial charge on any atom is 0.289 e. The third kappa shape index (κ3) is 4.57. The van der Waals surface area contributed by atoms with E-state index in [9.17, 15) is 9.90 Å². The number of para-hydroxylation sites is 1. The molecule has 0 unspecified atom stereocenters. The number of thioether (sulfide) groups is 1. The minimum Gasteiger partial charge on any atom is -0.508 e. The number of amidine groups is 1. The van der Waals surface area contributed by atoms with E-state index in [1.807, 2.05) is 71.6 Å². The van der Waals surface area contributed by atoms with Crippen LogP contribution in [0.15, 0.2) is 95.0 Å². The second kappa shape index (κ2) is 9.29. The molecule has 1 aliphatic rings. The van der Waals surface area contributed by atoms with Crippen molar-refractivity contribution in [3.8, 4) is 28.4 Å². The molecule has 4 aromatic rings. The number of methoxy groups -OCH3 is 1. The van der Waals surface area contributed by atoms with E-state index in [-0.39, 0.29) is 11.0 Å². The van der Waals surface area contributed by atoms with E-state index in [4.69, 9.17) is 9.84 Å². The van der Waals surface area contributed by atoms with Crippen LogP contribution in [0.5, 0.6) is 11.5 Å². The molecule has 0 spiro atoms. The normalized spacial score (nSPS) is 15.6. The van der Waals surface area contributed by atoms with Crippen molar-refractivity contribution in [2.45, 2.75) is 0 Å². The van der Waals surface area contributed by atoms with Gasteiger partial charge >= 0.3 is 0 Å². The van der Waals surface area contributed by atoms with Gasteiger partial charge in [0.25, 0.3) is 5.24 Å². The highest BCUT2D eigenvalue weighted by molar-refractivity contribution is 8.18. The van der Waals surface area contributed by atoms with Crippen molar-refractivity contribution < 1.29 is 14.6 Å². The minimum atomic E-state index is -0.216. The first-order valence-corrected chi connectivity index (χ1v) is 11.3. The van der Waals surface area contributed by atoms with Crippen LogP contribution in [0.2, 0.25) is 0 Å². The Morgan fingerprint density at radius 3 is 2.59 bits per heavy atom. The molecule has 0 bridgehead atoms. The summed E-state index contributed by atoms with van der Waals surface area (Å²) in [4.78, 5) is 17.4. The molecule has 1 saturated heterocycles. The van der Waals surface area contributed by atoms with E-state index < -0.39 is 0 Å². The minimum absolute atomic E-state index is 0.107. The highest BCUT2D eigenvalue weighted by atomic mass is 32.2. The molecule has 1 fully saturated rings. The van der Waals surface area contributed by atoms with E-state index in [0.29, 0.717) is 16.4 Å². The Hall–Kier alpha value is -4.30. The van der Waals surface area contributed by atoms with Gasteiger partial charge in [0.1, 0.15) is 17.3 Å². The number of amides is 1. The molecule has 2 heterocycles. The van der Waals surface area contributed by atoms with Gasteiger partial charge in [-0.3, -0.25) is 4.79 Å². The number of benzene rings is 3. The number of hydrogen-bond donors (Lipinski definition) is 2. The number of rotatable bonds is 5. The van der Waals surface area contributed by atoms with Crippen LogP contribution < -0.4 is 10.1 Å². The summed E-state index contributed by atoms with van der Waals surface area (Å²) in [7, 11) is 1.63. The summed E-state index contributed by atoms with van der Waals surface area (Å²) in [6.45, 7) is 0. The lowest BCUT2D eigenvalue weighted by molar-refractivity contribution is 0.265. The number of aliphatic imine (C=N–C) groups is 1. The van der Waals surface area contributed by atoms with Gasteiger partial charge in [0, 0.05) is 23.4 Å². The average Bonchev–Trinajstić information content (AvgIpc) is 3.43. The van der Waals surface area contributed by atoms with Crippen molar-refractivity contribution in [2.24, 2.45) is 4.99 Å². The van der Waals surface area contributed by atoms with Crippen LogP contribution in [-0.4, -0.2) is 33.1 Å². The van der Waals surface area contributed by atoms with Crippen LogP contribution >= 0.6 is 11.8 Å². The number of carbonyl (C=O) groups is 1. The number of hydrogen-bond acceptors (Lipinski definition) is 6. The molecule has 2 N–H and O–H groups in total. The Kier molecular flexibility index (Phi) is 5.88.